The SMILES string of the molecule is C[Si](CCl)(CCl)CCCn1cnc2c(Cl)nc(NC(=O)c3ccccc3)nc21. The highest BCUT2D eigenvalue weighted by Crippen LogP contribution is 2.22. The first-order chi connectivity index (χ1) is 13.5. The maximum absolute atomic E-state index is 12.4. The number of imidazole rings is 1. The molecule has 1 N–H and O–H groups in total. The molecule has 0 aliphatic rings. The minimum Gasteiger partial charge on any atom is -0.315 e. The van der Waals surface area contributed by atoms with Crippen molar-refractivity contribution >= 4 is 65.9 Å². The second-order valence-electron chi connectivity index (χ2n) is 6.95. The van der Waals surface area contributed by atoms with Crippen LogP contribution in [0.2, 0.25) is 17.7 Å². The highest BCUT2D eigenvalue weighted by atomic mass is 35.5. The molecule has 0 spiro atoms. The molecule has 0 radical (unpaired) electrons. The van der Waals surface area contributed by atoms with E-state index < -0.39 is 8.07 Å². The smallest absolute Gasteiger partial charge is 0.258 e. The highest BCUT2D eigenvalue weighted by Gasteiger charge is 2.24. The number of hydrogen-bond donors (Lipinski definition) is 1. The van der Waals surface area contributed by atoms with Gasteiger partial charge in [-0.3, -0.25) is 10.1 Å². The number of nitrogens with one attached hydrogen (secondary N) is 1. The fraction of sp³-hybridized carbons (Fsp3) is 0.333. The summed E-state index contributed by atoms with van der Waals surface area (Å²) in [7, 11) is -1.60. The summed E-state index contributed by atoms with van der Waals surface area (Å²) in [5, 5.41) is 2.89. The quantitative estimate of drug-likeness (QED) is 0.301. The van der Waals surface area contributed by atoms with E-state index in [1.807, 2.05) is 10.6 Å². The lowest BCUT2D eigenvalue weighted by Gasteiger charge is -2.21. The van der Waals surface area contributed by atoms with Crippen molar-refractivity contribution in [2.24, 2.45) is 0 Å². The van der Waals surface area contributed by atoms with Gasteiger partial charge >= 0.3 is 0 Å². The molecule has 0 saturated carbocycles. The Labute approximate surface area is 179 Å². The number of carbonyl (C=O) groups is 1. The van der Waals surface area contributed by atoms with Crippen LogP contribution in [0.1, 0.15) is 16.8 Å². The van der Waals surface area contributed by atoms with Gasteiger partial charge in [0.1, 0.15) is 5.52 Å². The number of anilines is 1. The average Bonchev–Trinajstić information content (AvgIpc) is 3.12. The zero-order chi connectivity index (χ0) is 20.1. The van der Waals surface area contributed by atoms with E-state index in [2.05, 4.69) is 26.8 Å². The fourth-order valence-corrected chi connectivity index (χ4v) is 5.96. The molecule has 2 aromatic heterocycles. The van der Waals surface area contributed by atoms with Crippen LogP contribution in [-0.4, -0.2) is 44.5 Å². The van der Waals surface area contributed by atoms with Crippen LogP contribution in [0.4, 0.5) is 5.95 Å². The zero-order valence-corrected chi connectivity index (χ0v) is 18.6. The number of nitrogens with zero attached hydrogens (tertiary/aromatic N) is 4. The summed E-state index contributed by atoms with van der Waals surface area (Å²) < 4.78 is 1.92. The van der Waals surface area contributed by atoms with Gasteiger partial charge in [-0.15, -0.1) is 23.2 Å². The molecule has 0 aliphatic carbocycles. The predicted molar refractivity (Wildman–Crippen MR) is 117 cm³/mol. The second-order valence-corrected chi connectivity index (χ2v) is 13.6. The predicted octanol–water partition coefficient (Wildman–Crippen LogP) is 4.76. The Morgan fingerprint density at radius 1 is 1.18 bits per heavy atom. The molecule has 148 valence electrons. The summed E-state index contributed by atoms with van der Waals surface area (Å²) in [6, 6.07) is 9.87. The molecule has 0 fully saturated rings. The Morgan fingerprint density at radius 2 is 1.89 bits per heavy atom. The van der Waals surface area contributed by atoms with Crippen molar-refractivity contribution in [1.29, 1.82) is 0 Å². The number of halogens is 3. The van der Waals surface area contributed by atoms with Gasteiger partial charge in [0.2, 0.25) is 5.95 Å². The van der Waals surface area contributed by atoms with Crippen molar-refractivity contribution in [3.8, 4) is 0 Å². The van der Waals surface area contributed by atoms with Gasteiger partial charge in [-0.1, -0.05) is 42.4 Å². The Morgan fingerprint density at radius 3 is 2.57 bits per heavy atom. The number of amides is 1. The lowest BCUT2D eigenvalue weighted by Crippen LogP contribution is -2.36. The van der Waals surface area contributed by atoms with E-state index in [0.717, 1.165) is 12.5 Å². The average molecular weight is 457 g/mol. The maximum Gasteiger partial charge on any atom is 0.258 e. The zero-order valence-electron chi connectivity index (χ0n) is 15.3. The van der Waals surface area contributed by atoms with Crippen LogP contribution in [-0.2, 0) is 6.54 Å². The number of rotatable bonds is 8. The Bertz CT molecular complexity index is 963. The minimum atomic E-state index is -1.60. The van der Waals surface area contributed by atoms with Crippen LogP contribution in [0.15, 0.2) is 36.7 Å². The first-order valence-electron chi connectivity index (χ1n) is 8.82. The molecule has 3 aromatic rings. The van der Waals surface area contributed by atoms with E-state index >= 15 is 0 Å². The third kappa shape index (κ3) is 4.83. The summed E-state index contributed by atoms with van der Waals surface area (Å²) in [5.41, 5.74) is 2.90. The number of fused-ring (bicyclic) bond motifs is 1. The Kier molecular flexibility index (Phi) is 6.93. The lowest BCUT2D eigenvalue weighted by molar-refractivity contribution is 0.102. The van der Waals surface area contributed by atoms with Gasteiger partial charge in [-0.25, -0.2) is 4.98 Å². The fourth-order valence-electron chi connectivity index (χ4n) is 2.74. The summed E-state index contributed by atoms with van der Waals surface area (Å²) in [6.07, 6.45) is 2.61. The molecule has 1 amide bonds. The summed E-state index contributed by atoms with van der Waals surface area (Å²) >= 11 is 18.4. The van der Waals surface area contributed by atoms with Gasteiger partial charge in [-0.2, -0.15) is 9.97 Å². The topological polar surface area (TPSA) is 72.7 Å². The van der Waals surface area contributed by atoms with Gasteiger partial charge in [0.05, 0.1) is 14.4 Å². The molecule has 0 bridgehead atoms. The summed E-state index contributed by atoms with van der Waals surface area (Å²) in [5.74, 6) is -0.151. The van der Waals surface area contributed by atoms with Gasteiger partial charge in [0, 0.05) is 23.1 Å². The van der Waals surface area contributed by atoms with E-state index in [-0.39, 0.29) is 17.0 Å². The molecule has 6 nitrogen and oxygen atoms in total. The number of aryl methyl sites for hydroxylation is 1. The van der Waals surface area contributed by atoms with E-state index in [4.69, 9.17) is 34.8 Å². The van der Waals surface area contributed by atoms with E-state index in [9.17, 15) is 4.79 Å². The summed E-state index contributed by atoms with van der Waals surface area (Å²) in [4.78, 5) is 25.3. The Hall–Kier alpha value is -1.67. The van der Waals surface area contributed by atoms with Crippen LogP contribution in [0, 0.1) is 0 Å². The number of hydrogen-bond acceptors (Lipinski definition) is 4. The third-order valence-electron chi connectivity index (χ3n) is 4.51. The van der Waals surface area contributed by atoms with Crippen molar-refractivity contribution in [2.75, 3.05) is 16.3 Å². The largest absolute Gasteiger partial charge is 0.315 e. The van der Waals surface area contributed by atoms with Crippen molar-refractivity contribution in [1.82, 2.24) is 19.5 Å². The van der Waals surface area contributed by atoms with Gasteiger partial charge in [-0.05, 0) is 18.6 Å². The molecular formula is C18H20Cl3N5OSi. The molecule has 28 heavy (non-hydrogen) atoms. The molecule has 1 aromatic carbocycles. The van der Waals surface area contributed by atoms with E-state index in [0.29, 0.717) is 34.3 Å². The molecule has 10 heteroatoms. The second kappa shape index (κ2) is 9.22. The monoisotopic (exact) mass is 455 g/mol. The number of benzene rings is 1. The molecule has 2 heterocycles. The van der Waals surface area contributed by atoms with Crippen molar-refractivity contribution in [3.63, 3.8) is 0 Å². The number of carbonyl (C=O) groups excluding carboxylic acids is 1. The number of alkyl halides is 2. The normalized spacial score (nSPS) is 11.7. The van der Waals surface area contributed by atoms with E-state index in [1.165, 1.54) is 0 Å². The molecular weight excluding hydrogens is 437 g/mol. The van der Waals surface area contributed by atoms with Gasteiger partial charge < -0.3 is 4.57 Å². The van der Waals surface area contributed by atoms with Gasteiger partial charge in [0.15, 0.2) is 10.8 Å². The van der Waals surface area contributed by atoms with Crippen molar-refractivity contribution < 1.29 is 4.79 Å². The maximum atomic E-state index is 12.4. The summed E-state index contributed by atoms with van der Waals surface area (Å²) in [6.45, 7) is 2.92. The first-order valence-corrected chi connectivity index (χ1v) is 13.4. The van der Waals surface area contributed by atoms with Gasteiger partial charge in [0.25, 0.3) is 5.91 Å². The molecule has 3 rings (SSSR count). The highest BCUT2D eigenvalue weighted by molar-refractivity contribution is 6.88. The lowest BCUT2D eigenvalue weighted by atomic mass is 10.2. The molecule has 0 atom stereocenters. The molecule has 0 saturated heterocycles. The minimum absolute atomic E-state index is 0.147. The third-order valence-corrected chi connectivity index (χ3v) is 11.5. The van der Waals surface area contributed by atoms with Crippen LogP contribution >= 0.6 is 34.8 Å². The standard InChI is InChI=1S/C18H20Cl3N5OSi/c1-28(10-19,11-20)9-5-8-26-12-22-14-15(21)23-18(24-16(14)26)25-17(27)13-6-3-2-4-7-13/h2-4,6-7,12H,5,8-11H2,1H3,(H,23,24,25,27). The van der Waals surface area contributed by atoms with E-state index in [1.54, 1.807) is 30.6 Å². The van der Waals surface area contributed by atoms with Crippen molar-refractivity contribution in [3.05, 3.63) is 47.4 Å². The van der Waals surface area contributed by atoms with Crippen LogP contribution in [0.5, 0.6) is 0 Å². The number of aromatic nitrogens is 4. The molecule has 0 unspecified atom stereocenters. The van der Waals surface area contributed by atoms with Crippen LogP contribution in [0.25, 0.3) is 11.2 Å². The van der Waals surface area contributed by atoms with Crippen molar-refractivity contribution in [2.45, 2.75) is 25.6 Å². The van der Waals surface area contributed by atoms with Crippen LogP contribution in [0.3, 0.4) is 0 Å². The Balaban J connectivity index is 1.78. The molecule has 0 aliphatic heterocycles. The van der Waals surface area contributed by atoms with Crippen LogP contribution < -0.4 is 5.32 Å². The first kappa shape index (κ1) is 21.0.